The topological polar surface area (TPSA) is 36.4 Å². The van der Waals surface area contributed by atoms with Gasteiger partial charge in [0.2, 0.25) is 0 Å². The van der Waals surface area contributed by atoms with Crippen LogP contribution in [0.3, 0.4) is 0 Å². The third kappa shape index (κ3) is 4.86. The summed E-state index contributed by atoms with van der Waals surface area (Å²) in [6.45, 7) is 8.49. The molecule has 0 aromatic heterocycles. The minimum absolute atomic E-state index is 0.630. The Kier molecular flexibility index (Phi) is 6.27. The van der Waals surface area contributed by atoms with Crippen LogP contribution in [0.25, 0.3) is 0 Å². The van der Waals surface area contributed by atoms with Crippen LogP contribution in [0.1, 0.15) is 52.9 Å². The van der Waals surface area contributed by atoms with Gasteiger partial charge in [0.25, 0.3) is 0 Å². The van der Waals surface area contributed by atoms with Crippen molar-refractivity contribution in [3.05, 3.63) is 0 Å². The molecular formula is C13H27N3. The van der Waals surface area contributed by atoms with Crippen LogP contribution < -0.4 is 10.6 Å². The molecule has 1 fully saturated rings. The van der Waals surface area contributed by atoms with Crippen molar-refractivity contribution in [2.24, 2.45) is 10.9 Å². The second-order valence-electron chi connectivity index (χ2n) is 4.86. The minimum Gasteiger partial charge on any atom is -0.357 e. The zero-order valence-electron chi connectivity index (χ0n) is 11.1. The van der Waals surface area contributed by atoms with Crippen molar-refractivity contribution in [3.8, 4) is 0 Å². The largest absolute Gasteiger partial charge is 0.357 e. The second-order valence-corrected chi connectivity index (χ2v) is 4.86. The molecule has 0 amide bonds. The fourth-order valence-corrected chi connectivity index (χ4v) is 2.14. The highest BCUT2D eigenvalue weighted by Gasteiger charge is 2.18. The van der Waals surface area contributed by atoms with E-state index in [0.29, 0.717) is 6.04 Å². The second kappa shape index (κ2) is 7.53. The van der Waals surface area contributed by atoms with E-state index in [1.165, 1.54) is 25.7 Å². The fraction of sp³-hybridized carbons (Fsp3) is 0.923. The smallest absolute Gasteiger partial charge is 0.191 e. The van der Waals surface area contributed by atoms with Gasteiger partial charge in [0, 0.05) is 19.1 Å². The van der Waals surface area contributed by atoms with E-state index in [2.05, 4.69) is 36.4 Å². The first-order valence-corrected chi connectivity index (χ1v) is 6.81. The molecule has 3 nitrogen and oxygen atoms in total. The predicted octanol–water partition coefficient (Wildman–Crippen LogP) is 2.53. The van der Waals surface area contributed by atoms with E-state index in [1.54, 1.807) is 0 Å². The quantitative estimate of drug-likeness (QED) is 0.570. The molecule has 0 aromatic rings. The normalized spacial score (nSPS) is 26.6. The molecule has 0 heterocycles. The number of hydrogen-bond acceptors (Lipinski definition) is 1. The van der Waals surface area contributed by atoms with E-state index in [9.17, 15) is 0 Å². The van der Waals surface area contributed by atoms with Gasteiger partial charge in [0.1, 0.15) is 0 Å². The molecule has 0 saturated heterocycles. The van der Waals surface area contributed by atoms with Crippen LogP contribution in [0.2, 0.25) is 0 Å². The Bertz CT molecular complexity index is 205. The standard InChI is InChI=1S/C13H27N3/c1-4-10-15-13(14-5-2)16-12-8-6-11(3)7-9-12/h11-12H,4-10H2,1-3H3,(H2,14,15,16). The van der Waals surface area contributed by atoms with Crippen molar-refractivity contribution in [3.63, 3.8) is 0 Å². The molecule has 1 aliphatic carbocycles. The number of rotatable bonds is 4. The molecule has 1 rings (SSSR count). The maximum absolute atomic E-state index is 4.54. The molecule has 0 aromatic carbocycles. The first kappa shape index (κ1) is 13.3. The molecule has 0 bridgehead atoms. The van der Waals surface area contributed by atoms with Gasteiger partial charge in [-0.15, -0.1) is 0 Å². The van der Waals surface area contributed by atoms with Crippen LogP contribution >= 0.6 is 0 Å². The van der Waals surface area contributed by atoms with Crippen LogP contribution in [0.15, 0.2) is 4.99 Å². The maximum Gasteiger partial charge on any atom is 0.191 e. The average Bonchev–Trinajstić information content (AvgIpc) is 2.29. The summed E-state index contributed by atoms with van der Waals surface area (Å²) in [6, 6.07) is 0.630. The van der Waals surface area contributed by atoms with Crippen LogP contribution in [0.4, 0.5) is 0 Å². The third-order valence-corrected chi connectivity index (χ3v) is 3.19. The Morgan fingerprint density at radius 3 is 2.44 bits per heavy atom. The van der Waals surface area contributed by atoms with Gasteiger partial charge < -0.3 is 10.6 Å². The van der Waals surface area contributed by atoms with Gasteiger partial charge in [-0.25, -0.2) is 0 Å². The molecule has 0 unspecified atom stereocenters. The Hall–Kier alpha value is -0.730. The Labute approximate surface area is 100 Å². The van der Waals surface area contributed by atoms with Crippen LogP contribution in [0, 0.1) is 5.92 Å². The van der Waals surface area contributed by atoms with Gasteiger partial charge in [0.05, 0.1) is 0 Å². The van der Waals surface area contributed by atoms with E-state index in [-0.39, 0.29) is 0 Å². The summed E-state index contributed by atoms with van der Waals surface area (Å²) >= 11 is 0. The number of guanidine groups is 1. The lowest BCUT2D eigenvalue weighted by atomic mass is 9.87. The first-order chi connectivity index (χ1) is 7.76. The number of hydrogen-bond donors (Lipinski definition) is 2. The lowest BCUT2D eigenvalue weighted by molar-refractivity contribution is 0.329. The summed E-state index contributed by atoms with van der Waals surface area (Å²) in [5, 5.41) is 6.87. The van der Waals surface area contributed by atoms with Gasteiger partial charge in [-0.1, -0.05) is 13.8 Å². The van der Waals surface area contributed by atoms with Gasteiger partial charge in [-0.3, -0.25) is 4.99 Å². The molecule has 1 aliphatic rings. The Balaban J connectivity index is 2.35. The molecule has 1 saturated carbocycles. The summed E-state index contributed by atoms with van der Waals surface area (Å²) in [4.78, 5) is 4.54. The highest BCUT2D eigenvalue weighted by Crippen LogP contribution is 2.23. The highest BCUT2D eigenvalue weighted by molar-refractivity contribution is 5.80. The number of aliphatic imine (C=N–C) groups is 1. The van der Waals surface area contributed by atoms with E-state index in [4.69, 9.17) is 0 Å². The Morgan fingerprint density at radius 1 is 1.19 bits per heavy atom. The van der Waals surface area contributed by atoms with E-state index >= 15 is 0 Å². The van der Waals surface area contributed by atoms with Crippen molar-refractivity contribution in [1.29, 1.82) is 0 Å². The molecule has 0 spiro atoms. The molecule has 94 valence electrons. The lowest BCUT2D eigenvalue weighted by Gasteiger charge is -2.28. The zero-order chi connectivity index (χ0) is 11.8. The summed E-state index contributed by atoms with van der Waals surface area (Å²) < 4.78 is 0. The van der Waals surface area contributed by atoms with Crippen molar-refractivity contribution in [2.75, 3.05) is 13.1 Å². The molecular weight excluding hydrogens is 198 g/mol. The van der Waals surface area contributed by atoms with Crippen molar-refractivity contribution >= 4 is 5.96 Å². The summed E-state index contributed by atoms with van der Waals surface area (Å²) in [6.07, 6.45) is 6.39. The molecule has 2 N–H and O–H groups in total. The van der Waals surface area contributed by atoms with Crippen LogP contribution in [0.5, 0.6) is 0 Å². The maximum atomic E-state index is 4.54. The molecule has 0 radical (unpaired) electrons. The summed E-state index contributed by atoms with van der Waals surface area (Å²) in [7, 11) is 0. The van der Waals surface area contributed by atoms with Crippen molar-refractivity contribution < 1.29 is 0 Å². The first-order valence-electron chi connectivity index (χ1n) is 6.81. The van der Waals surface area contributed by atoms with Crippen molar-refractivity contribution in [1.82, 2.24) is 10.6 Å². The van der Waals surface area contributed by atoms with Gasteiger partial charge in [0.15, 0.2) is 5.96 Å². The molecule has 16 heavy (non-hydrogen) atoms. The summed E-state index contributed by atoms with van der Waals surface area (Å²) in [5.74, 6) is 1.91. The van der Waals surface area contributed by atoms with E-state index in [0.717, 1.165) is 31.4 Å². The van der Waals surface area contributed by atoms with Gasteiger partial charge in [-0.05, 0) is 44.9 Å². The van der Waals surface area contributed by atoms with E-state index < -0.39 is 0 Å². The van der Waals surface area contributed by atoms with E-state index in [1.807, 2.05) is 0 Å². The molecule has 3 heteroatoms. The third-order valence-electron chi connectivity index (χ3n) is 3.19. The minimum atomic E-state index is 0.630. The summed E-state index contributed by atoms with van der Waals surface area (Å²) in [5.41, 5.74) is 0. The average molecular weight is 225 g/mol. The van der Waals surface area contributed by atoms with Gasteiger partial charge >= 0.3 is 0 Å². The fourth-order valence-electron chi connectivity index (χ4n) is 2.14. The van der Waals surface area contributed by atoms with Crippen molar-refractivity contribution in [2.45, 2.75) is 58.9 Å². The molecule has 0 aliphatic heterocycles. The SMILES string of the molecule is CCCN=C(NCC)NC1CCC(C)CC1. The molecule has 0 atom stereocenters. The highest BCUT2D eigenvalue weighted by atomic mass is 15.2. The Morgan fingerprint density at radius 2 is 1.88 bits per heavy atom. The number of nitrogens with zero attached hydrogens (tertiary/aromatic N) is 1. The van der Waals surface area contributed by atoms with Crippen LogP contribution in [-0.4, -0.2) is 25.1 Å². The van der Waals surface area contributed by atoms with Gasteiger partial charge in [-0.2, -0.15) is 0 Å². The zero-order valence-corrected chi connectivity index (χ0v) is 11.1. The number of nitrogens with one attached hydrogen (secondary N) is 2. The monoisotopic (exact) mass is 225 g/mol. The lowest BCUT2D eigenvalue weighted by Crippen LogP contribution is -2.44. The predicted molar refractivity (Wildman–Crippen MR) is 70.8 cm³/mol. The van der Waals surface area contributed by atoms with Crippen LogP contribution in [-0.2, 0) is 0 Å².